The van der Waals surface area contributed by atoms with Crippen LogP contribution in [0.25, 0.3) is 0 Å². The van der Waals surface area contributed by atoms with Crippen LogP contribution in [0.4, 0.5) is 0 Å². The molecule has 3 rings (SSSR count). The number of amides is 1. The van der Waals surface area contributed by atoms with Gasteiger partial charge in [0.2, 0.25) is 0 Å². The highest BCUT2D eigenvalue weighted by atomic mass is 79.9. The first-order valence-corrected chi connectivity index (χ1v) is 11.1. The molecule has 162 valence electrons. The van der Waals surface area contributed by atoms with E-state index in [2.05, 4.69) is 35.9 Å². The largest absolute Gasteiger partial charge is 0.369 e. The number of imidazole rings is 1. The molecule has 0 bridgehead atoms. The van der Waals surface area contributed by atoms with Crippen molar-refractivity contribution in [2.45, 2.75) is 32.6 Å². The number of nitrogens with zero attached hydrogens (tertiary/aromatic N) is 4. The Balaban J connectivity index is 1.64. The zero-order valence-corrected chi connectivity index (χ0v) is 19.2. The van der Waals surface area contributed by atoms with Crippen molar-refractivity contribution in [2.24, 2.45) is 10.7 Å². The van der Waals surface area contributed by atoms with Gasteiger partial charge in [-0.1, -0.05) is 18.2 Å². The number of nitrogens with one attached hydrogen (secondary N) is 1. The maximum absolute atomic E-state index is 13.1. The highest BCUT2D eigenvalue weighted by Gasteiger charge is 2.19. The lowest BCUT2D eigenvalue weighted by Crippen LogP contribution is -2.43. The molecule has 0 aliphatic carbocycles. The summed E-state index contributed by atoms with van der Waals surface area (Å²) >= 11 is 3.44. The number of guanidine groups is 1. The van der Waals surface area contributed by atoms with E-state index in [1.165, 1.54) is 0 Å². The predicted molar refractivity (Wildman–Crippen MR) is 126 cm³/mol. The maximum atomic E-state index is 13.1. The molecule has 0 aliphatic rings. The van der Waals surface area contributed by atoms with Gasteiger partial charge in [-0.05, 0) is 72.3 Å². The molecule has 3 aromatic rings. The molecule has 7 nitrogen and oxygen atoms in total. The average molecular weight is 483 g/mol. The Hall–Kier alpha value is -3.00. The van der Waals surface area contributed by atoms with Gasteiger partial charge >= 0.3 is 0 Å². The summed E-state index contributed by atoms with van der Waals surface area (Å²) in [6.45, 7) is 3.05. The van der Waals surface area contributed by atoms with Gasteiger partial charge in [0, 0.05) is 46.9 Å². The summed E-state index contributed by atoms with van der Waals surface area (Å²) in [7, 11) is 0. The molecule has 0 unspecified atom stereocenters. The van der Waals surface area contributed by atoms with Crippen LogP contribution in [-0.4, -0.2) is 44.8 Å². The summed E-state index contributed by atoms with van der Waals surface area (Å²) in [5.41, 5.74) is 10.1. The van der Waals surface area contributed by atoms with Crippen molar-refractivity contribution in [3.8, 4) is 0 Å². The number of carbonyl (C=O) groups excluding carboxylic acids is 1. The Kier molecular flexibility index (Phi) is 8.35. The number of aliphatic imine (C=N–C) groups is 1. The first-order chi connectivity index (χ1) is 15.0. The third kappa shape index (κ3) is 6.75. The Labute approximate surface area is 191 Å². The number of halogens is 1. The maximum Gasteiger partial charge on any atom is 0.260 e. The lowest BCUT2D eigenvalue weighted by molar-refractivity contribution is 0.0844. The molecular formula is C23H27BrN6O. The van der Waals surface area contributed by atoms with E-state index >= 15 is 0 Å². The fourth-order valence-corrected chi connectivity index (χ4v) is 3.71. The number of aryl methyl sites for hydroxylation is 3. The number of hydrogen-bond acceptors (Lipinski definition) is 4. The quantitative estimate of drug-likeness (QED) is 0.274. The molecule has 0 fully saturated rings. The van der Waals surface area contributed by atoms with E-state index in [9.17, 15) is 4.79 Å². The number of pyridine rings is 1. The monoisotopic (exact) mass is 482 g/mol. The van der Waals surface area contributed by atoms with Gasteiger partial charge in [-0.2, -0.15) is 0 Å². The second-order valence-electron chi connectivity index (χ2n) is 7.26. The standard InChI is InChI=1S/C23H27BrN6O/c1-17-13-19(24)14-28-21(17)10-6-12-30(22(31)18-7-3-2-4-8-18)23(25)27-11-5-9-20-15-26-16-29-20/h2-4,7-8,13-16H,5-6,9-12H2,1H3,(H2,25,27)(H,26,29). The molecule has 0 saturated heterocycles. The van der Waals surface area contributed by atoms with Crippen LogP contribution in [0.15, 0.2) is 64.6 Å². The summed E-state index contributed by atoms with van der Waals surface area (Å²) in [5.74, 6) is 0.106. The normalized spacial score (nSPS) is 11.5. The molecule has 2 aromatic heterocycles. The number of carbonyl (C=O) groups is 1. The number of nitrogens with two attached hydrogens (primary N) is 1. The molecule has 8 heteroatoms. The molecule has 0 spiro atoms. The van der Waals surface area contributed by atoms with Gasteiger partial charge in [-0.3, -0.25) is 19.7 Å². The highest BCUT2D eigenvalue weighted by molar-refractivity contribution is 9.10. The number of benzene rings is 1. The van der Waals surface area contributed by atoms with E-state index in [1.54, 1.807) is 35.8 Å². The molecule has 0 aliphatic heterocycles. The van der Waals surface area contributed by atoms with E-state index in [-0.39, 0.29) is 11.9 Å². The van der Waals surface area contributed by atoms with Crippen molar-refractivity contribution in [1.82, 2.24) is 19.9 Å². The van der Waals surface area contributed by atoms with Gasteiger partial charge in [0.1, 0.15) is 0 Å². The number of H-pyrrole nitrogens is 1. The van der Waals surface area contributed by atoms with E-state index < -0.39 is 0 Å². The van der Waals surface area contributed by atoms with Crippen molar-refractivity contribution >= 4 is 27.8 Å². The molecule has 0 radical (unpaired) electrons. The van der Waals surface area contributed by atoms with E-state index in [1.807, 2.05) is 31.2 Å². The number of hydrogen-bond donors (Lipinski definition) is 2. The SMILES string of the molecule is Cc1cc(Br)cnc1CCCN(C(=O)c1ccccc1)C(N)=NCCCc1cnc[nH]1. The second-order valence-corrected chi connectivity index (χ2v) is 8.18. The van der Waals surface area contributed by atoms with Gasteiger partial charge in [0.15, 0.2) is 5.96 Å². The zero-order chi connectivity index (χ0) is 22.1. The summed E-state index contributed by atoms with van der Waals surface area (Å²) in [6.07, 6.45) is 8.40. The Bertz CT molecular complexity index is 1000. The molecular weight excluding hydrogens is 456 g/mol. The number of aromatic nitrogens is 3. The van der Waals surface area contributed by atoms with Crippen molar-refractivity contribution in [2.75, 3.05) is 13.1 Å². The first kappa shape index (κ1) is 22.7. The van der Waals surface area contributed by atoms with Gasteiger partial charge in [0.25, 0.3) is 5.91 Å². The average Bonchev–Trinajstić information content (AvgIpc) is 3.29. The predicted octanol–water partition coefficient (Wildman–Crippen LogP) is 3.90. The number of rotatable bonds is 9. The minimum atomic E-state index is -0.143. The minimum absolute atomic E-state index is 0.143. The fraction of sp³-hybridized carbons (Fsp3) is 0.304. The zero-order valence-electron chi connectivity index (χ0n) is 17.6. The Morgan fingerprint density at radius 1 is 1.19 bits per heavy atom. The molecule has 1 aromatic carbocycles. The van der Waals surface area contributed by atoms with Gasteiger partial charge in [-0.15, -0.1) is 0 Å². The summed E-state index contributed by atoms with van der Waals surface area (Å²) in [5, 5.41) is 0. The van der Waals surface area contributed by atoms with Crippen LogP contribution in [0.5, 0.6) is 0 Å². The summed E-state index contributed by atoms with van der Waals surface area (Å²) < 4.78 is 0.959. The lowest BCUT2D eigenvalue weighted by Gasteiger charge is -2.22. The molecule has 2 heterocycles. The van der Waals surface area contributed by atoms with Gasteiger partial charge in [-0.25, -0.2) is 4.98 Å². The van der Waals surface area contributed by atoms with Crippen molar-refractivity contribution in [3.63, 3.8) is 0 Å². The van der Waals surface area contributed by atoms with Crippen LogP contribution >= 0.6 is 15.9 Å². The van der Waals surface area contributed by atoms with Crippen LogP contribution in [0, 0.1) is 6.92 Å². The summed E-state index contributed by atoms with van der Waals surface area (Å²) in [6, 6.07) is 11.2. The van der Waals surface area contributed by atoms with Crippen LogP contribution < -0.4 is 5.73 Å². The topological polar surface area (TPSA) is 100 Å². The van der Waals surface area contributed by atoms with E-state index in [4.69, 9.17) is 5.73 Å². The van der Waals surface area contributed by atoms with Crippen LogP contribution in [0.2, 0.25) is 0 Å². The van der Waals surface area contributed by atoms with E-state index in [0.717, 1.165) is 47.1 Å². The van der Waals surface area contributed by atoms with Crippen molar-refractivity contribution in [1.29, 1.82) is 0 Å². The first-order valence-electron chi connectivity index (χ1n) is 10.3. The highest BCUT2D eigenvalue weighted by Crippen LogP contribution is 2.15. The van der Waals surface area contributed by atoms with Gasteiger partial charge < -0.3 is 10.7 Å². The Morgan fingerprint density at radius 3 is 2.71 bits per heavy atom. The Morgan fingerprint density at radius 2 is 2.00 bits per heavy atom. The molecule has 0 atom stereocenters. The molecule has 1 amide bonds. The van der Waals surface area contributed by atoms with Crippen LogP contribution in [-0.2, 0) is 12.8 Å². The van der Waals surface area contributed by atoms with E-state index in [0.29, 0.717) is 18.7 Å². The van der Waals surface area contributed by atoms with Crippen molar-refractivity contribution in [3.05, 3.63) is 82.1 Å². The van der Waals surface area contributed by atoms with Crippen LogP contribution in [0.3, 0.4) is 0 Å². The lowest BCUT2D eigenvalue weighted by atomic mass is 10.1. The summed E-state index contributed by atoms with van der Waals surface area (Å²) in [4.78, 5) is 30.7. The smallest absolute Gasteiger partial charge is 0.260 e. The van der Waals surface area contributed by atoms with Gasteiger partial charge in [0.05, 0.1) is 6.33 Å². The number of aromatic amines is 1. The minimum Gasteiger partial charge on any atom is -0.369 e. The van der Waals surface area contributed by atoms with Crippen LogP contribution in [0.1, 0.15) is 40.2 Å². The van der Waals surface area contributed by atoms with Crippen molar-refractivity contribution < 1.29 is 4.79 Å². The molecule has 3 N–H and O–H groups in total. The second kappa shape index (κ2) is 11.4. The molecule has 0 saturated carbocycles. The fourth-order valence-electron chi connectivity index (χ4n) is 3.26. The molecule has 31 heavy (non-hydrogen) atoms. The third-order valence-electron chi connectivity index (χ3n) is 4.92. The third-order valence-corrected chi connectivity index (χ3v) is 5.36.